The number of allylic oxidation sites excluding steroid dienone is 2. The van der Waals surface area contributed by atoms with Crippen molar-refractivity contribution in [3.8, 4) is 11.5 Å². The summed E-state index contributed by atoms with van der Waals surface area (Å²) in [6.07, 6.45) is -3.37. The Labute approximate surface area is 225 Å². The van der Waals surface area contributed by atoms with Gasteiger partial charge in [0.25, 0.3) is 0 Å². The predicted molar refractivity (Wildman–Crippen MR) is 134 cm³/mol. The number of aryl methyl sites for hydroxylation is 2. The summed E-state index contributed by atoms with van der Waals surface area (Å²) < 4.78 is 0. The molecule has 40 heavy (non-hydrogen) atoms. The monoisotopic (exact) mass is 542 g/mol. The average molecular weight is 542 g/mol. The molecule has 2 spiro atoms. The molecule has 8 atom stereocenters. The minimum Gasteiger partial charge on any atom is -0.507 e. The number of carbonyl (C=O) groups excluding carboxylic acids is 4. The van der Waals surface area contributed by atoms with Crippen LogP contribution in [0.1, 0.15) is 43.0 Å². The molecular formula is C30H22O10. The van der Waals surface area contributed by atoms with Gasteiger partial charge in [-0.25, -0.2) is 0 Å². The Morgan fingerprint density at radius 1 is 0.600 bits per heavy atom. The van der Waals surface area contributed by atoms with E-state index >= 15 is 0 Å². The van der Waals surface area contributed by atoms with Gasteiger partial charge in [-0.2, -0.15) is 0 Å². The van der Waals surface area contributed by atoms with Gasteiger partial charge in [-0.05, 0) is 49.2 Å². The highest BCUT2D eigenvalue weighted by Gasteiger charge is 2.89. The summed E-state index contributed by atoms with van der Waals surface area (Å²) in [5.74, 6) is -12.2. The molecule has 0 aromatic heterocycles. The maximum absolute atomic E-state index is 14.5. The normalized spacial score (nSPS) is 38.1. The van der Waals surface area contributed by atoms with E-state index in [9.17, 15) is 49.8 Å². The van der Waals surface area contributed by atoms with Crippen molar-refractivity contribution in [2.75, 3.05) is 0 Å². The number of fused-ring (bicyclic) bond motifs is 4. The first-order chi connectivity index (χ1) is 18.8. The Balaban J connectivity index is 1.55. The SMILES string of the molecule is Cc1cc(O)c2c(c1)C(=O)[C@]13C(=C2O)C(=O)[C@H]2[C@H](O)[C@H]1[C@@H]1[C@H](O)[C@H]3C(=O)C3=C(O)c4c(O)cc(C)cc4C(=O)[C@]312. The van der Waals surface area contributed by atoms with E-state index in [0.29, 0.717) is 11.1 Å². The van der Waals surface area contributed by atoms with Gasteiger partial charge in [0, 0.05) is 23.0 Å². The quantitative estimate of drug-likeness (QED) is 0.286. The third kappa shape index (κ3) is 1.96. The van der Waals surface area contributed by atoms with E-state index in [2.05, 4.69) is 0 Å². The second-order valence-electron chi connectivity index (χ2n) is 12.0. The van der Waals surface area contributed by atoms with Gasteiger partial charge < -0.3 is 30.6 Å². The Kier molecular flexibility index (Phi) is 3.86. The Morgan fingerprint density at radius 3 is 1.30 bits per heavy atom. The molecule has 0 aliphatic heterocycles. The number of rotatable bonds is 0. The van der Waals surface area contributed by atoms with Gasteiger partial charge in [-0.15, -0.1) is 0 Å². The van der Waals surface area contributed by atoms with Crippen molar-refractivity contribution >= 4 is 34.7 Å². The van der Waals surface area contributed by atoms with Crippen LogP contribution in [0.4, 0.5) is 0 Å². The zero-order valence-corrected chi connectivity index (χ0v) is 21.1. The highest BCUT2D eigenvalue weighted by molar-refractivity contribution is 6.30. The Hall–Kier alpha value is -4.28. The van der Waals surface area contributed by atoms with Crippen LogP contribution in [0.25, 0.3) is 11.5 Å². The summed E-state index contributed by atoms with van der Waals surface area (Å²) in [5.41, 5.74) is -5.58. The van der Waals surface area contributed by atoms with Crippen LogP contribution in [0.2, 0.25) is 0 Å². The number of phenolic OH excluding ortho intramolecular Hbond substituents is 2. The number of aromatic hydroxyl groups is 2. The number of phenols is 2. The predicted octanol–water partition coefficient (Wildman–Crippen LogP) is 1.70. The van der Waals surface area contributed by atoms with E-state index < -0.39 is 104 Å². The fourth-order valence-corrected chi connectivity index (χ4v) is 9.51. The number of hydrogen-bond acceptors (Lipinski definition) is 10. The number of ketones is 4. The first kappa shape index (κ1) is 23.6. The van der Waals surface area contributed by atoms with Crippen molar-refractivity contribution in [2.24, 2.45) is 34.5 Å². The minimum atomic E-state index is -2.25. The molecule has 0 heterocycles. The first-order valence-electron chi connectivity index (χ1n) is 12.9. The summed E-state index contributed by atoms with van der Waals surface area (Å²) in [6, 6.07) is 5.37. The Bertz CT molecular complexity index is 1680. The van der Waals surface area contributed by atoms with Crippen LogP contribution in [0, 0.1) is 48.3 Å². The van der Waals surface area contributed by atoms with Gasteiger partial charge in [0.15, 0.2) is 23.1 Å². The summed E-state index contributed by atoms with van der Waals surface area (Å²) in [7, 11) is 0. The highest BCUT2D eigenvalue weighted by atomic mass is 16.3. The number of aliphatic hydroxyl groups is 4. The van der Waals surface area contributed by atoms with Gasteiger partial charge in [-0.1, -0.05) is 0 Å². The van der Waals surface area contributed by atoms with Crippen LogP contribution >= 0.6 is 0 Å². The van der Waals surface area contributed by atoms with Crippen molar-refractivity contribution in [1.29, 1.82) is 0 Å². The van der Waals surface area contributed by atoms with E-state index in [0.717, 1.165) is 0 Å². The summed E-state index contributed by atoms with van der Waals surface area (Å²) >= 11 is 0. The number of hydrogen-bond donors (Lipinski definition) is 6. The van der Waals surface area contributed by atoms with Gasteiger partial charge >= 0.3 is 0 Å². The molecule has 0 unspecified atom stereocenters. The zero-order chi connectivity index (χ0) is 28.5. The number of aliphatic hydroxyl groups excluding tert-OH is 4. The molecule has 8 rings (SSSR count). The minimum absolute atomic E-state index is 0.185. The molecule has 0 saturated heterocycles. The molecule has 10 heteroatoms. The zero-order valence-electron chi connectivity index (χ0n) is 21.1. The van der Waals surface area contributed by atoms with Crippen LogP contribution in [0.5, 0.6) is 11.5 Å². The molecule has 4 saturated carbocycles. The van der Waals surface area contributed by atoms with Gasteiger partial charge in [-0.3, -0.25) is 19.2 Å². The van der Waals surface area contributed by atoms with E-state index in [4.69, 9.17) is 0 Å². The van der Waals surface area contributed by atoms with Crippen LogP contribution < -0.4 is 0 Å². The van der Waals surface area contributed by atoms with Crippen molar-refractivity contribution in [3.63, 3.8) is 0 Å². The number of carbonyl (C=O) groups is 4. The van der Waals surface area contributed by atoms with E-state index in [1.54, 1.807) is 13.8 Å². The van der Waals surface area contributed by atoms with E-state index in [1.165, 1.54) is 24.3 Å². The molecule has 4 bridgehead atoms. The van der Waals surface area contributed by atoms with Crippen molar-refractivity contribution < 1.29 is 49.8 Å². The Morgan fingerprint density at radius 2 is 0.950 bits per heavy atom. The van der Waals surface area contributed by atoms with Crippen LogP contribution in [0.3, 0.4) is 0 Å². The van der Waals surface area contributed by atoms with Crippen LogP contribution in [0.15, 0.2) is 35.4 Å². The maximum Gasteiger partial charge on any atom is 0.175 e. The molecule has 4 fully saturated rings. The van der Waals surface area contributed by atoms with Crippen molar-refractivity contribution in [3.05, 3.63) is 68.8 Å². The topological polar surface area (TPSA) is 190 Å². The fraction of sp³-hybridized carbons (Fsp3) is 0.333. The average Bonchev–Trinajstić information content (AvgIpc) is 3.22. The molecule has 0 radical (unpaired) electrons. The highest BCUT2D eigenvalue weighted by Crippen LogP contribution is 2.80. The van der Waals surface area contributed by atoms with Crippen LogP contribution in [-0.4, -0.2) is 66.0 Å². The molecule has 6 N–H and O–H groups in total. The lowest BCUT2D eigenvalue weighted by Gasteiger charge is -2.53. The molecule has 2 aromatic rings. The smallest absolute Gasteiger partial charge is 0.175 e. The summed E-state index contributed by atoms with van der Waals surface area (Å²) in [6.45, 7) is 3.19. The summed E-state index contributed by atoms with van der Waals surface area (Å²) in [5, 5.41) is 67.8. The lowest BCUT2D eigenvalue weighted by molar-refractivity contribution is -0.142. The van der Waals surface area contributed by atoms with E-state index in [-0.39, 0.29) is 22.3 Å². The third-order valence-corrected chi connectivity index (χ3v) is 10.4. The fourth-order valence-electron chi connectivity index (χ4n) is 9.51. The van der Waals surface area contributed by atoms with Gasteiger partial charge in [0.1, 0.15) is 23.0 Å². The molecule has 6 aliphatic rings. The molecule has 2 aromatic carbocycles. The molecule has 0 amide bonds. The van der Waals surface area contributed by atoms with Gasteiger partial charge in [0.2, 0.25) is 0 Å². The van der Waals surface area contributed by atoms with Gasteiger partial charge in [0.05, 0.1) is 57.1 Å². The van der Waals surface area contributed by atoms with Crippen molar-refractivity contribution in [1.82, 2.24) is 0 Å². The maximum atomic E-state index is 14.5. The summed E-state index contributed by atoms with van der Waals surface area (Å²) in [4.78, 5) is 57.9. The molecular weight excluding hydrogens is 520 g/mol. The first-order valence-corrected chi connectivity index (χ1v) is 12.9. The molecule has 202 valence electrons. The van der Waals surface area contributed by atoms with Crippen molar-refractivity contribution in [2.45, 2.75) is 26.1 Å². The second kappa shape index (κ2) is 6.54. The number of benzene rings is 2. The standard InChI is InChI=1S/C30H22O10/c1-7-3-9-13(11(31)5-7)21(33)17-25(37)20-23(35)15-16-24(36)19(29(15,17)27(9)39)26(38)18-22(34)14-10(28(40)30(16,18)20)4-8(2)6-12(14)32/h3-6,15-16,19-20,23-24,31-36H,1-2H3/t15-,16-,19-,20+,23+,24-,29+,30+/m1/s1. The largest absolute Gasteiger partial charge is 0.507 e. The lowest BCUT2D eigenvalue weighted by Crippen LogP contribution is -2.65. The third-order valence-electron chi connectivity index (χ3n) is 10.4. The van der Waals surface area contributed by atoms with E-state index in [1.807, 2.05) is 0 Å². The number of Topliss-reactive ketones (excluding diaryl/α,β-unsaturated/α-hetero) is 4. The molecule has 6 aliphatic carbocycles. The molecule has 10 nitrogen and oxygen atoms in total. The lowest BCUT2D eigenvalue weighted by atomic mass is 9.46. The van der Waals surface area contributed by atoms with Crippen LogP contribution in [-0.2, 0) is 9.59 Å². The second-order valence-corrected chi connectivity index (χ2v) is 12.0.